The molecule has 0 aliphatic heterocycles. The molecule has 142 valence electrons. The van der Waals surface area contributed by atoms with Gasteiger partial charge in [0, 0.05) is 17.4 Å². The molecule has 3 rings (SSSR count). The van der Waals surface area contributed by atoms with E-state index >= 15 is 0 Å². The summed E-state index contributed by atoms with van der Waals surface area (Å²) in [6.45, 7) is 0. The number of nitrogens with one attached hydrogen (secondary N) is 3. The Morgan fingerprint density at radius 2 is 1.63 bits per heavy atom. The van der Waals surface area contributed by atoms with Gasteiger partial charge in [0.25, 0.3) is 0 Å². The van der Waals surface area contributed by atoms with Crippen LogP contribution in [0.1, 0.15) is 24.0 Å². The SMILES string of the molecule is O=C(Cc1ccc(NC(=O)Nc2cccc(C(F)(F)F)c2)cc1)NC1CC1. The summed E-state index contributed by atoms with van der Waals surface area (Å²) in [5, 5.41) is 7.80. The summed E-state index contributed by atoms with van der Waals surface area (Å²) in [6.07, 6.45) is -2.17. The van der Waals surface area contributed by atoms with E-state index in [0.717, 1.165) is 30.5 Å². The van der Waals surface area contributed by atoms with Gasteiger partial charge in [-0.05, 0) is 48.7 Å². The molecule has 8 heteroatoms. The minimum Gasteiger partial charge on any atom is -0.353 e. The van der Waals surface area contributed by atoms with Crippen molar-refractivity contribution in [2.45, 2.75) is 31.5 Å². The van der Waals surface area contributed by atoms with Crippen LogP contribution in [0, 0.1) is 0 Å². The molecule has 0 radical (unpaired) electrons. The number of hydrogen-bond donors (Lipinski definition) is 3. The number of rotatable bonds is 5. The Kier molecular flexibility index (Phi) is 5.34. The number of amides is 3. The van der Waals surface area contributed by atoms with Gasteiger partial charge in [0.05, 0.1) is 12.0 Å². The second-order valence-electron chi connectivity index (χ2n) is 6.37. The summed E-state index contributed by atoms with van der Waals surface area (Å²) in [4.78, 5) is 23.7. The lowest BCUT2D eigenvalue weighted by Crippen LogP contribution is -2.26. The van der Waals surface area contributed by atoms with Crippen molar-refractivity contribution in [2.75, 3.05) is 10.6 Å². The fourth-order valence-corrected chi connectivity index (χ4v) is 2.46. The number of halogens is 3. The first-order valence-electron chi connectivity index (χ1n) is 8.43. The molecule has 1 aliphatic rings. The third-order valence-electron chi connectivity index (χ3n) is 3.97. The van der Waals surface area contributed by atoms with Gasteiger partial charge >= 0.3 is 12.2 Å². The Labute approximate surface area is 154 Å². The van der Waals surface area contributed by atoms with Crippen molar-refractivity contribution in [3.63, 3.8) is 0 Å². The molecule has 0 heterocycles. The molecule has 3 amide bonds. The van der Waals surface area contributed by atoms with Crippen LogP contribution in [0.2, 0.25) is 0 Å². The lowest BCUT2D eigenvalue weighted by Gasteiger charge is -2.11. The van der Waals surface area contributed by atoms with Gasteiger partial charge in [-0.15, -0.1) is 0 Å². The van der Waals surface area contributed by atoms with Crippen LogP contribution in [0.5, 0.6) is 0 Å². The van der Waals surface area contributed by atoms with Crippen LogP contribution in [-0.2, 0) is 17.4 Å². The van der Waals surface area contributed by atoms with E-state index in [-0.39, 0.29) is 18.0 Å². The van der Waals surface area contributed by atoms with Gasteiger partial charge in [-0.2, -0.15) is 13.2 Å². The summed E-state index contributed by atoms with van der Waals surface area (Å²) < 4.78 is 38.1. The van der Waals surface area contributed by atoms with Crippen LogP contribution in [0.15, 0.2) is 48.5 Å². The van der Waals surface area contributed by atoms with Gasteiger partial charge < -0.3 is 16.0 Å². The first-order chi connectivity index (χ1) is 12.8. The van der Waals surface area contributed by atoms with Gasteiger partial charge in [0.15, 0.2) is 0 Å². The van der Waals surface area contributed by atoms with Crippen molar-refractivity contribution < 1.29 is 22.8 Å². The molecule has 1 fully saturated rings. The molecular formula is C19H18F3N3O2. The quantitative estimate of drug-likeness (QED) is 0.732. The van der Waals surface area contributed by atoms with Crippen molar-refractivity contribution in [3.05, 3.63) is 59.7 Å². The molecule has 0 atom stereocenters. The highest BCUT2D eigenvalue weighted by Crippen LogP contribution is 2.30. The van der Waals surface area contributed by atoms with E-state index in [1.54, 1.807) is 24.3 Å². The molecule has 2 aromatic carbocycles. The maximum Gasteiger partial charge on any atom is 0.416 e. The summed E-state index contributed by atoms with van der Waals surface area (Å²) in [5.41, 5.74) is 0.465. The minimum absolute atomic E-state index is 0.0377. The third kappa shape index (κ3) is 5.73. The monoisotopic (exact) mass is 377 g/mol. The van der Waals surface area contributed by atoms with Gasteiger partial charge in [0.1, 0.15) is 0 Å². The number of carbonyl (C=O) groups excluding carboxylic acids is 2. The van der Waals surface area contributed by atoms with E-state index in [9.17, 15) is 22.8 Å². The lowest BCUT2D eigenvalue weighted by molar-refractivity contribution is -0.137. The number of hydrogen-bond acceptors (Lipinski definition) is 2. The molecule has 5 nitrogen and oxygen atoms in total. The van der Waals surface area contributed by atoms with Gasteiger partial charge in [-0.25, -0.2) is 4.79 Å². The maximum atomic E-state index is 12.7. The average molecular weight is 377 g/mol. The highest BCUT2D eigenvalue weighted by Gasteiger charge is 2.30. The summed E-state index contributed by atoms with van der Waals surface area (Å²) in [6, 6.07) is 10.7. The van der Waals surface area contributed by atoms with Crippen molar-refractivity contribution in [1.29, 1.82) is 0 Å². The molecule has 27 heavy (non-hydrogen) atoms. The predicted octanol–water partition coefficient (Wildman–Crippen LogP) is 4.17. The van der Waals surface area contributed by atoms with E-state index in [0.29, 0.717) is 11.7 Å². The fraction of sp³-hybridized carbons (Fsp3) is 0.263. The van der Waals surface area contributed by atoms with Crippen LogP contribution < -0.4 is 16.0 Å². The first-order valence-corrected chi connectivity index (χ1v) is 8.43. The Morgan fingerprint density at radius 1 is 0.963 bits per heavy atom. The summed E-state index contributed by atoms with van der Waals surface area (Å²) in [7, 11) is 0. The number of anilines is 2. The molecule has 0 saturated heterocycles. The third-order valence-corrected chi connectivity index (χ3v) is 3.97. The number of benzene rings is 2. The number of urea groups is 1. The van der Waals surface area contributed by atoms with Gasteiger partial charge in [0.2, 0.25) is 5.91 Å². The molecular weight excluding hydrogens is 359 g/mol. The normalized spacial score (nSPS) is 13.7. The Hall–Kier alpha value is -3.03. The molecule has 2 aromatic rings. The molecule has 0 unspecified atom stereocenters. The molecule has 0 aromatic heterocycles. The van der Waals surface area contributed by atoms with E-state index in [1.165, 1.54) is 12.1 Å². The van der Waals surface area contributed by atoms with E-state index < -0.39 is 17.8 Å². The molecule has 3 N–H and O–H groups in total. The first kappa shape index (κ1) is 18.8. The molecule has 1 saturated carbocycles. The Bertz CT molecular complexity index is 831. The van der Waals surface area contributed by atoms with E-state index in [1.807, 2.05) is 0 Å². The zero-order valence-corrected chi connectivity index (χ0v) is 14.3. The Balaban J connectivity index is 1.54. The second kappa shape index (κ2) is 7.69. The lowest BCUT2D eigenvalue weighted by atomic mass is 10.1. The van der Waals surface area contributed by atoms with Crippen molar-refractivity contribution in [3.8, 4) is 0 Å². The van der Waals surface area contributed by atoms with Crippen LogP contribution in [0.3, 0.4) is 0 Å². The topological polar surface area (TPSA) is 70.2 Å². The van der Waals surface area contributed by atoms with Crippen molar-refractivity contribution >= 4 is 23.3 Å². The van der Waals surface area contributed by atoms with Crippen LogP contribution in [-0.4, -0.2) is 18.0 Å². The van der Waals surface area contributed by atoms with Crippen LogP contribution >= 0.6 is 0 Å². The minimum atomic E-state index is -4.48. The van der Waals surface area contributed by atoms with E-state index in [4.69, 9.17) is 0 Å². The van der Waals surface area contributed by atoms with Crippen molar-refractivity contribution in [1.82, 2.24) is 5.32 Å². The van der Waals surface area contributed by atoms with Gasteiger partial charge in [-0.3, -0.25) is 4.79 Å². The summed E-state index contributed by atoms with van der Waals surface area (Å²) >= 11 is 0. The maximum absolute atomic E-state index is 12.7. The zero-order valence-electron chi connectivity index (χ0n) is 14.3. The Morgan fingerprint density at radius 3 is 2.26 bits per heavy atom. The number of alkyl halides is 3. The van der Waals surface area contributed by atoms with Crippen molar-refractivity contribution in [2.24, 2.45) is 0 Å². The van der Waals surface area contributed by atoms with Gasteiger partial charge in [-0.1, -0.05) is 18.2 Å². The summed E-state index contributed by atoms with van der Waals surface area (Å²) in [5.74, 6) is -0.0412. The second-order valence-corrected chi connectivity index (χ2v) is 6.37. The smallest absolute Gasteiger partial charge is 0.353 e. The largest absolute Gasteiger partial charge is 0.416 e. The highest BCUT2D eigenvalue weighted by molar-refractivity contribution is 5.99. The van der Waals surface area contributed by atoms with Crippen LogP contribution in [0.25, 0.3) is 0 Å². The molecule has 0 bridgehead atoms. The van der Waals surface area contributed by atoms with Crippen LogP contribution in [0.4, 0.5) is 29.3 Å². The molecule has 0 spiro atoms. The fourth-order valence-electron chi connectivity index (χ4n) is 2.46. The van der Waals surface area contributed by atoms with E-state index in [2.05, 4.69) is 16.0 Å². The zero-order chi connectivity index (χ0) is 19.4. The molecule has 1 aliphatic carbocycles. The predicted molar refractivity (Wildman–Crippen MR) is 95.4 cm³/mol. The number of carbonyl (C=O) groups is 2. The standard InChI is InChI=1S/C19H18F3N3O2/c20-19(21,22)13-2-1-3-16(11-13)25-18(27)24-15-6-4-12(5-7-15)10-17(26)23-14-8-9-14/h1-7,11,14H,8-10H2,(H,23,26)(H2,24,25,27). The highest BCUT2D eigenvalue weighted by atomic mass is 19.4. The average Bonchev–Trinajstić information content (AvgIpc) is 3.40.